The van der Waals surface area contributed by atoms with Crippen molar-refractivity contribution in [1.82, 2.24) is 49.3 Å². The van der Waals surface area contributed by atoms with Crippen molar-refractivity contribution in [2.45, 2.75) is 37.3 Å². The molecular weight excluding hydrogens is 897 g/mol. The SMILES string of the molecule is C=CC(=O)N1CC[C@H](n2cc(C#Cc3ccc4sc(C5C/C5=C\C(=O)N5CC[C@H](n6cc(C#Cc7c(F)cc8oc(NC)nc8c7F)c7c(N)n[nH]c(=O)c76)C5)nc4c3)c3c(N)n[nH]c(=O)c32)C1. The fraction of sp³-hybridized carbons (Fsp3) is 0.234. The molecular formula is C47H37F2N13O5S. The van der Waals surface area contributed by atoms with E-state index in [0.717, 1.165) is 26.9 Å². The Balaban J connectivity index is 0.800. The van der Waals surface area contributed by atoms with Gasteiger partial charge in [0.05, 0.1) is 49.8 Å². The molecule has 1 aliphatic carbocycles. The zero-order chi connectivity index (χ0) is 47.1. The quantitative estimate of drug-likeness (QED) is 0.113. The number of aromatic nitrogens is 8. The number of oxazole rings is 1. The molecule has 1 unspecified atom stereocenters. The number of fused-ring (bicyclic) bond motifs is 4. The highest BCUT2D eigenvalue weighted by Gasteiger charge is 2.37. The van der Waals surface area contributed by atoms with Gasteiger partial charge in [-0.1, -0.05) is 35.8 Å². The molecule has 2 amide bonds. The Morgan fingerprint density at radius 1 is 0.897 bits per heavy atom. The number of hydrogen-bond acceptors (Lipinski definition) is 13. The molecule has 3 aliphatic rings. The van der Waals surface area contributed by atoms with Crippen LogP contribution >= 0.6 is 11.3 Å². The minimum atomic E-state index is -0.998. The van der Waals surface area contributed by atoms with E-state index in [1.165, 1.54) is 13.1 Å². The molecule has 0 radical (unpaired) electrons. The predicted molar refractivity (Wildman–Crippen MR) is 251 cm³/mol. The number of rotatable bonds is 6. The third-order valence-corrected chi connectivity index (χ3v) is 13.8. The summed E-state index contributed by atoms with van der Waals surface area (Å²) in [7, 11) is 1.53. The molecule has 8 heterocycles. The molecule has 11 rings (SSSR count). The van der Waals surface area contributed by atoms with Gasteiger partial charge < -0.3 is 40.1 Å². The number of nitrogens with zero attached hydrogens (tertiary/aromatic N) is 8. The van der Waals surface area contributed by atoms with Crippen molar-refractivity contribution < 1.29 is 22.8 Å². The van der Waals surface area contributed by atoms with Gasteiger partial charge in [0.2, 0.25) is 11.8 Å². The first-order valence-corrected chi connectivity index (χ1v) is 22.3. The van der Waals surface area contributed by atoms with Gasteiger partial charge in [-0.2, -0.15) is 15.2 Å². The van der Waals surface area contributed by atoms with Gasteiger partial charge in [0.25, 0.3) is 17.1 Å². The second-order valence-corrected chi connectivity index (χ2v) is 17.8. The van der Waals surface area contributed by atoms with Crippen molar-refractivity contribution in [3.8, 4) is 23.7 Å². The number of carbonyl (C=O) groups excluding carboxylic acids is 2. The number of benzene rings is 2. The van der Waals surface area contributed by atoms with Crippen LogP contribution in [0.3, 0.4) is 0 Å². The smallest absolute Gasteiger partial charge is 0.295 e. The first-order valence-electron chi connectivity index (χ1n) is 21.5. The molecule has 68 heavy (non-hydrogen) atoms. The standard InChI is InChI=1S/C47H37F2N13O5S/c1-3-34(63)59-12-10-26(20-59)61-18-23(36-40(61)44(65)57-55-42(36)50)6-4-22-5-9-33-31(14-22)53-46(68-33)29-15-25(29)16-35(64)60-13-11-27(21-60)62-19-24(37-41(62)45(66)58-56-43(37)51)7-8-28-30(48)17-32-39(38(28)49)54-47(52-2)67-32/h3,5,9,14,16-19,26-27,29H,1,10-13,15,20-21H2,2H3,(H2,50,55)(H2,51,56)(H,52,54)(H,57,65)(H,58,66)/b25-16+/t26-,27-,29?/m0/s1. The zero-order valence-electron chi connectivity index (χ0n) is 35.9. The Labute approximate surface area is 386 Å². The summed E-state index contributed by atoms with van der Waals surface area (Å²) in [6.45, 7) is 5.24. The van der Waals surface area contributed by atoms with Crippen LogP contribution in [-0.4, -0.2) is 94.3 Å². The molecule has 0 spiro atoms. The van der Waals surface area contributed by atoms with Crippen LogP contribution in [0.4, 0.5) is 26.4 Å². The molecule has 3 fully saturated rings. The van der Waals surface area contributed by atoms with Crippen molar-refractivity contribution in [3.63, 3.8) is 0 Å². The first-order chi connectivity index (χ1) is 32.9. The van der Waals surface area contributed by atoms with E-state index < -0.39 is 28.3 Å². The molecule has 6 aromatic heterocycles. The minimum Gasteiger partial charge on any atom is -0.423 e. The monoisotopic (exact) mass is 933 g/mol. The van der Waals surface area contributed by atoms with E-state index in [0.29, 0.717) is 60.9 Å². The fourth-order valence-corrected chi connectivity index (χ4v) is 10.3. The van der Waals surface area contributed by atoms with Crippen molar-refractivity contribution in [2.24, 2.45) is 0 Å². The molecule has 2 aliphatic heterocycles. The van der Waals surface area contributed by atoms with Crippen LogP contribution in [0.5, 0.6) is 0 Å². The van der Waals surface area contributed by atoms with Gasteiger partial charge in [-0.25, -0.2) is 24.0 Å². The molecule has 340 valence electrons. The number of halogens is 2. The van der Waals surface area contributed by atoms with Gasteiger partial charge in [-0.15, -0.1) is 11.3 Å². The van der Waals surface area contributed by atoms with Crippen LogP contribution in [-0.2, 0) is 9.59 Å². The van der Waals surface area contributed by atoms with Crippen LogP contribution in [0.15, 0.2) is 75.0 Å². The van der Waals surface area contributed by atoms with Crippen molar-refractivity contribution in [3.05, 3.63) is 121 Å². The lowest BCUT2D eigenvalue weighted by Gasteiger charge is -2.16. The second-order valence-electron chi connectivity index (χ2n) is 16.8. The lowest BCUT2D eigenvalue weighted by Crippen LogP contribution is -2.27. The van der Waals surface area contributed by atoms with Crippen LogP contribution in [0.2, 0.25) is 0 Å². The lowest BCUT2D eigenvalue weighted by molar-refractivity contribution is -0.125. The number of carbonyl (C=O) groups is 2. The van der Waals surface area contributed by atoms with Gasteiger partial charge in [0, 0.05) is 69.2 Å². The maximum atomic E-state index is 15.4. The molecule has 2 saturated heterocycles. The number of allylic oxidation sites excluding steroid dienone is 1. The van der Waals surface area contributed by atoms with Gasteiger partial charge in [0.15, 0.2) is 23.0 Å². The number of H-pyrrole nitrogens is 2. The van der Waals surface area contributed by atoms with Gasteiger partial charge in [-0.3, -0.25) is 19.2 Å². The van der Waals surface area contributed by atoms with E-state index in [4.69, 9.17) is 20.9 Å². The largest absolute Gasteiger partial charge is 0.423 e. The zero-order valence-corrected chi connectivity index (χ0v) is 36.8. The highest BCUT2D eigenvalue weighted by molar-refractivity contribution is 7.18. The summed E-state index contributed by atoms with van der Waals surface area (Å²) in [6.07, 6.45) is 8.18. The Kier molecular flexibility index (Phi) is 9.97. The lowest BCUT2D eigenvalue weighted by atomic mass is 10.1. The predicted octanol–water partition coefficient (Wildman–Crippen LogP) is 4.64. The van der Waals surface area contributed by atoms with Gasteiger partial charge >= 0.3 is 0 Å². The summed E-state index contributed by atoms with van der Waals surface area (Å²) in [5, 5.41) is 17.0. The topological polar surface area (TPSA) is 245 Å². The Morgan fingerprint density at radius 3 is 2.16 bits per heavy atom. The highest BCUT2D eigenvalue weighted by Crippen LogP contribution is 2.49. The summed E-state index contributed by atoms with van der Waals surface area (Å²) in [6, 6.07) is 6.28. The normalized spacial score (nSPS) is 18.4. The van der Waals surface area contributed by atoms with Crippen LogP contribution in [0.25, 0.3) is 43.1 Å². The highest BCUT2D eigenvalue weighted by atomic mass is 32.1. The number of thiazole rings is 1. The van der Waals surface area contributed by atoms with E-state index in [1.807, 2.05) is 22.8 Å². The molecule has 18 nitrogen and oxygen atoms in total. The Hall–Kier alpha value is -8.56. The minimum absolute atomic E-state index is 0.00846. The maximum Gasteiger partial charge on any atom is 0.295 e. The fourth-order valence-electron chi connectivity index (χ4n) is 9.19. The number of anilines is 3. The second kappa shape index (κ2) is 16.1. The molecule has 21 heteroatoms. The number of aromatic amines is 2. The number of nitrogen functional groups attached to an aromatic ring is 2. The van der Waals surface area contributed by atoms with Gasteiger partial charge in [0.1, 0.15) is 27.4 Å². The van der Waals surface area contributed by atoms with Crippen LogP contribution < -0.4 is 27.9 Å². The summed E-state index contributed by atoms with van der Waals surface area (Å²) in [4.78, 5) is 64.6. The summed E-state index contributed by atoms with van der Waals surface area (Å²) in [5.74, 6) is 9.57. The summed E-state index contributed by atoms with van der Waals surface area (Å²) < 4.78 is 40.3. The number of nitrogens with two attached hydrogens (primary N) is 2. The van der Waals surface area contributed by atoms with Crippen molar-refractivity contribution >= 4 is 83.9 Å². The molecule has 8 aromatic rings. The molecule has 0 bridgehead atoms. The molecule has 2 aromatic carbocycles. The van der Waals surface area contributed by atoms with E-state index in [2.05, 4.69) is 61.0 Å². The van der Waals surface area contributed by atoms with E-state index in [9.17, 15) is 19.2 Å². The summed E-state index contributed by atoms with van der Waals surface area (Å²) >= 11 is 1.55. The first kappa shape index (κ1) is 42.1. The van der Waals surface area contributed by atoms with E-state index in [-0.39, 0.29) is 81.6 Å². The van der Waals surface area contributed by atoms with E-state index >= 15 is 8.78 Å². The number of hydrogen-bond donors (Lipinski definition) is 5. The van der Waals surface area contributed by atoms with Gasteiger partial charge in [-0.05, 0) is 43.5 Å². The average Bonchev–Trinajstić information content (AvgIpc) is 4.06. The Bertz CT molecular complexity index is 3800. The van der Waals surface area contributed by atoms with Crippen molar-refractivity contribution in [2.75, 3.05) is 50.0 Å². The number of amides is 2. The molecule has 3 atom stereocenters. The third kappa shape index (κ3) is 7.11. The number of nitrogens with one attached hydrogen (secondary N) is 3. The summed E-state index contributed by atoms with van der Waals surface area (Å²) in [5.41, 5.74) is 14.5. The molecule has 7 N–H and O–H groups in total. The number of likely N-dealkylation sites (tertiary alicyclic amines) is 2. The molecule has 1 saturated carbocycles. The average molecular weight is 934 g/mol. The van der Waals surface area contributed by atoms with Crippen molar-refractivity contribution in [1.29, 1.82) is 0 Å². The van der Waals surface area contributed by atoms with Crippen LogP contribution in [0, 0.1) is 35.3 Å². The van der Waals surface area contributed by atoms with E-state index in [1.54, 1.807) is 44.2 Å². The Morgan fingerprint density at radius 2 is 1.53 bits per heavy atom. The van der Waals surface area contributed by atoms with Crippen LogP contribution in [0.1, 0.15) is 64.5 Å². The third-order valence-electron chi connectivity index (χ3n) is 12.7. The maximum absolute atomic E-state index is 15.4.